The van der Waals surface area contributed by atoms with E-state index in [4.69, 9.17) is 0 Å². The minimum Gasteiger partial charge on any atom is -0.314 e. The molecule has 1 aliphatic carbocycles. The van der Waals surface area contributed by atoms with Crippen molar-refractivity contribution >= 4 is 0 Å². The second kappa shape index (κ2) is 7.46. The number of likely N-dealkylation sites (N-methyl/N-ethyl adjacent to an activating group) is 1. The predicted octanol–water partition coefficient (Wildman–Crippen LogP) is 1.93. The van der Waals surface area contributed by atoms with E-state index in [2.05, 4.69) is 29.0 Å². The minimum atomic E-state index is 0.742. The smallest absolute Gasteiger partial charge is 0.0195 e. The molecule has 3 heteroatoms. The van der Waals surface area contributed by atoms with Gasteiger partial charge in [0.2, 0.25) is 0 Å². The molecule has 2 fully saturated rings. The van der Waals surface area contributed by atoms with Crippen molar-refractivity contribution in [3.05, 3.63) is 0 Å². The maximum atomic E-state index is 3.72. The molecule has 0 amide bonds. The molecule has 1 aliphatic heterocycles. The van der Waals surface area contributed by atoms with Crippen molar-refractivity contribution in [1.29, 1.82) is 0 Å². The van der Waals surface area contributed by atoms with Gasteiger partial charge >= 0.3 is 0 Å². The first-order valence-electron chi connectivity index (χ1n) is 7.99. The molecule has 0 radical (unpaired) electrons. The number of nitrogens with one attached hydrogen (secondary N) is 1. The molecule has 0 bridgehead atoms. The molecular formula is C15H31N3. The molecule has 0 aromatic heterocycles. The van der Waals surface area contributed by atoms with Crippen LogP contribution in [0.4, 0.5) is 0 Å². The van der Waals surface area contributed by atoms with Crippen LogP contribution < -0.4 is 5.32 Å². The summed E-state index contributed by atoms with van der Waals surface area (Å²) in [7, 11) is 0. The fourth-order valence-corrected chi connectivity index (χ4v) is 3.48. The highest BCUT2D eigenvalue weighted by Crippen LogP contribution is 2.17. The van der Waals surface area contributed by atoms with Crippen LogP contribution in [0.3, 0.4) is 0 Å². The molecule has 106 valence electrons. The number of piperazine rings is 1. The van der Waals surface area contributed by atoms with Crippen LogP contribution in [0, 0.1) is 0 Å². The average molecular weight is 253 g/mol. The van der Waals surface area contributed by atoms with Gasteiger partial charge in [0.15, 0.2) is 0 Å². The fraction of sp³-hybridized carbons (Fsp3) is 1.00. The van der Waals surface area contributed by atoms with Crippen molar-refractivity contribution in [2.24, 2.45) is 0 Å². The second-order valence-corrected chi connectivity index (χ2v) is 6.07. The topological polar surface area (TPSA) is 18.5 Å². The van der Waals surface area contributed by atoms with E-state index in [1.54, 1.807) is 0 Å². The molecule has 1 unspecified atom stereocenters. The molecule has 1 saturated heterocycles. The Kier molecular flexibility index (Phi) is 5.93. The van der Waals surface area contributed by atoms with E-state index in [1.807, 2.05) is 0 Å². The van der Waals surface area contributed by atoms with E-state index in [-0.39, 0.29) is 0 Å². The van der Waals surface area contributed by atoms with E-state index in [9.17, 15) is 0 Å². The first-order chi connectivity index (χ1) is 8.79. The summed E-state index contributed by atoms with van der Waals surface area (Å²) in [6.07, 6.45) is 7.01. The molecule has 0 spiro atoms. The summed E-state index contributed by atoms with van der Waals surface area (Å²) in [6.45, 7) is 12.1. The zero-order chi connectivity index (χ0) is 12.8. The van der Waals surface area contributed by atoms with Gasteiger partial charge in [-0.3, -0.25) is 4.90 Å². The molecule has 18 heavy (non-hydrogen) atoms. The van der Waals surface area contributed by atoms with Crippen molar-refractivity contribution in [2.75, 3.05) is 39.3 Å². The lowest BCUT2D eigenvalue weighted by Crippen LogP contribution is -2.51. The Balaban J connectivity index is 1.54. The van der Waals surface area contributed by atoms with Gasteiger partial charge in [-0.2, -0.15) is 0 Å². The van der Waals surface area contributed by atoms with Gasteiger partial charge in [-0.25, -0.2) is 0 Å². The highest BCUT2D eigenvalue weighted by atomic mass is 15.3. The van der Waals surface area contributed by atoms with Gasteiger partial charge in [0.1, 0.15) is 0 Å². The molecule has 2 rings (SSSR count). The van der Waals surface area contributed by atoms with Crippen LogP contribution >= 0.6 is 0 Å². The lowest BCUT2D eigenvalue weighted by molar-refractivity contribution is 0.0872. The van der Waals surface area contributed by atoms with Crippen LogP contribution in [0.1, 0.15) is 46.0 Å². The molecule has 1 heterocycles. The summed E-state index contributed by atoms with van der Waals surface area (Å²) in [5.41, 5.74) is 0. The number of hydrogen-bond donors (Lipinski definition) is 1. The highest BCUT2D eigenvalue weighted by Gasteiger charge is 2.21. The predicted molar refractivity (Wildman–Crippen MR) is 78.0 cm³/mol. The molecular weight excluding hydrogens is 222 g/mol. The van der Waals surface area contributed by atoms with Crippen LogP contribution in [0.15, 0.2) is 0 Å². The Bertz CT molecular complexity index is 226. The molecule has 0 aromatic rings. The Morgan fingerprint density at radius 2 is 1.94 bits per heavy atom. The number of nitrogens with zero attached hydrogens (tertiary/aromatic N) is 2. The molecule has 1 N–H and O–H groups in total. The van der Waals surface area contributed by atoms with Crippen molar-refractivity contribution in [1.82, 2.24) is 15.1 Å². The first kappa shape index (κ1) is 14.3. The van der Waals surface area contributed by atoms with Crippen LogP contribution in [-0.4, -0.2) is 61.2 Å². The van der Waals surface area contributed by atoms with Gasteiger partial charge in [-0.05, 0) is 45.8 Å². The van der Waals surface area contributed by atoms with Crippen LogP contribution in [0.2, 0.25) is 0 Å². The third-order valence-corrected chi connectivity index (χ3v) is 4.69. The van der Waals surface area contributed by atoms with E-state index < -0.39 is 0 Å². The van der Waals surface area contributed by atoms with E-state index in [1.165, 1.54) is 71.4 Å². The Hall–Kier alpha value is -0.120. The third kappa shape index (κ3) is 4.22. The zero-order valence-electron chi connectivity index (χ0n) is 12.3. The number of hydrogen-bond acceptors (Lipinski definition) is 3. The monoisotopic (exact) mass is 253 g/mol. The summed E-state index contributed by atoms with van der Waals surface area (Å²) >= 11 is 0. The van der Waals surface area contributed by atoms with Gasteiger partial charge in [0.25, 0.3) is 0 Å². The van der Waals surface area contributed by atoms with Crippen LogP contribution in [-0.2, 0) is 0 Å². The summed E-state index contributed by atoms with van der Waals surface area (Å²) in [5, 5.41) is 3.72. The summed E-state index contributed by atoms with van der Waals surface area (Å²) < 4.78 is 0. The van der Waals surface area contributed by atoms with Gasteiger partial charge in [0, 0.05) is 31.7 Å². The lowest BCUT2D eigenvalue weighted by Gasteiger charge is -2.39. The van der Waals surface area contributed by atoms with E-state index >= 15 is 0 Å². The first-order valence-corrected chi connectivity index (χ1v) is 7.99. The largest absolute Gasteiger partial charge is 0.314 e. The van der Waals surface area contributed by atoms with Crippen molar-refractivity contribution < 1.29 is 0 Å². The van der Waals surface area contributed by atoms with Gasteiger partial charge in [0.05, 0.1) is 0 Å². The van der Waals surface area contributed by atoms with Gasteiger partial charge in [-0.15, -0.1) is 0 Å². The van der Waals surface area contributed by atoms with E-state index in [0.717, 1.165) is 12.1 Å². The molecule has 1 saturated carbocycles. The van der Waals surface area contributed by atoms with Crippen molar-refractivity contribution in [3.63, 3.8) is 0 Å². The summed E-state index contributed by atoms with van der Waals surface area (Å²) in [6, 6.07) is 1.58. The third-order valence-electron chi connectivity index (χ3n) is 4.69. The van der Waals surface area contributed by atoms with Crippen molar-refractivity contribution in [3.8, 4) is 0 Å². The summed E-state index contributed by atoms with van der Waals surface area (Å²) in [4.78, 5) is 5.24. The Labute approximate surface area is 113 Å². The average Bonchev–Trinajstić information content (AvgIpc) is 2.88. The minimum absolute atomic E-state index is 0.742. The fourth-order valence-electron chi connectivity index (χ4n) is 3.48. The van der Waals surface area contributed by atoms with E-state index in [0.29, 0.717) is 0 Å². The number of rotatable bonds is 6. The second-order valence-electron chi connectivity index (χ2n) is 6.07. The molecule has 1 atom stereocenters. The SMILES string of the molecule is CCN1CCN(CCCNC2CCCC2)CC1C. The van der Waals surface area contributed by atoms with Gasteiger partial charge < -0.3 is 10.2 Å². The Morgan fingerprint density at radius 3 is 2.61 bits per heavy atom. The summed E-state index contributed by atoms with van der Waals surface area (Å²) in [5.74, 6) is 0. The molecule has 3 nitrogen and oxygen atoms in total. The normalized spacial score (nSPS) is 28.0. The van der Waals surface area contributed by atoms with Crippen molar-refractivity contribution in [2.45, 2.75) is 58.0 Å². The molecule has 2 aliphatic rings. The van der Waals surface area contributed by atoms with Crippen LogP contribution in [0.5, 0.6) is 0 Å². The van der Waals surface area contributed by atoms with Gasteiger partial charge in [-0.1, -0.05) is 19.8 Å². The quantitative estimate of drug-likeness (QED) is 0.730. The lowest BCUT2D eigenvalue weighted by atomic mass is 10.2. The molecule has 0 aromatic carbocycles. The van der Waals surface area contributed by atoms with Crippen LogP contribution in [0.25, 0.3) is 0 Å². The Morgan fingerprint density at radius 1 is 1.17 bits per heavy atom. The standard InChI is InChI=1S/C15H31N3/c1-3-18-12-11-17(13-14(18)2)10-6-9-16-15-7-4-5-8-15/h14-16H,3-13H2,1-2H3. The zero-order valence-corrected chi connectivity index (χ0v) is 12.3. The highest BCUT2D eigenvalue weighted by molar-refractivity contribution is 4.79. The maximum absolute atomic E-state index is 3.72. The maximum Gasteiger partial charge on any atom is 0.0195 e.